The summed E-state index contributed by atoms with van der Waals surface area (Å²) in [6, 6.07) is 24.3. The quantitative estimate of drug-likeness (QED) is 0.0413. The molecule has 0 saturated heterocycles. The fraction of sp³-hybridized carbons (Fsp3) is 0.0345. The average Bonchev–Trinajstić information content (AvgIpc) is 0.826. The third-order valence-corrected chi connectivity index (χ3v) is 20.7. The van der Waals surface area contributed by atoms with Gasteiger partial charge in [-0.25, -0.2) is 0 Å². The summed E-state index contributed by atoms with van der Waals surface area (Å²) >= 11 is 193. The van der Waals surface area contributed by atoms with E-state index >= 15 is 0 Å². The van der Waals surface area contributed by atoms with Crippen molar-refractivity contribution < 1.29 is 19.2 Å². The molecule has 0 spiro atoms. The molecular weight excluding hydrogens is 2060 g/mol. The van der Waals surface area contributed by atoms with Crippen LogP contribution in [0.15, 0.2) is 97.1 Å². The van der Waals surface area contributed by atoms with Crippen LogP contribution >= 0.6 is 397 Å². The summed E-state index contributed by atoms with van der Waals surface area (Å²) in [7, 11) is 0. The van der Waals surface area contributed by atoms with Gasteiger partial charge in [-0.15, -0.1) is 0 Å². The van der Waals surface area contributed by atoms with Gasteiger partial charge in [0, 0.05) is 0 Å². The fourth-order valence-corrected chi connectivity index (χ4v) is 13.5. The van der Waals surface area contributed by atoms with Gasteiger partial charge in [0.2, 0.25) is 0 Å². The van der Waals surface area contributed by atoms with Crippen LogP contribution in [0.4, 0.5) is 22.7 Å². The molecule has 0 aliphatic heterocycles. The highest BCUT2D eigenvalue weighted by atomic mass is 35.6. The van der Waals surface area contributed by atoms with Gasteiger partial charge in [0.05, 0.1) is 166 Å². The number of carbonyl (C=O) groups excluding carboxylic acids is 4. The molecule has 0 aliphatic rings. The number of halogens is 30. The van der Waals surface area contributed by atoms with Gasteiger partial charge >= 0.3 is 0 Å². The van der Waals surface area contributed by atoms with Gasteiger partial charge in [0.1, 0.15) is 0 Å². The molecule has 556 valence electrons. The topological polar surface area (TPSA) is 165 Å². The first-order valence-corrected chi connectivity index (χ1v) is 39.1. The maximum Gasteiger partial charge on any atom is 0.260 e. The molecule has 8 N–H and O–H groups in total. The van der Waals surface area contributed by atoms with Crippen molar-refractivity contribution in [2.75, 3.05) is 21.3 Å². The third kappa shape index (κ3) is 30.7. The summed E-state index contributed by atoms with van der Waals surface area (Å²) in [5.41, 5.74) is 1.05. The van der Waals surface area contributed by atoms with Gasteiger partial charge in [-0.2, -0.15) is 0 Å². The third-order valence-electron chi connectivity index (χ3n) is 11.1. The second-order valence-electron chi connectivity index (χ2n) is 17.9. The molecule has 8 rings (SSSR count). The van der Waals surface area contributed by atoms with Crippen LogP contribution < -0.4 is 42.5 Å². The Morgan fingerprint density at radius 2 is 0.346 bits per heavy atom. The van der Waals surface area contributed by atoms with Crippen LogP contribution in [0.1, 0.15) is 41.4 Å². The van der Waals surface area contributed by atoms with Crippen molar-refractivity contribution in [1.29, 1.82) is 0 Å². The number of alkyl halides is 6. The summed E-state index contributed by atoms with van der Waals surface area (Å²) in [4.78, 5) is 49.1. The molecule has 0 radical (unpaired) electrons. The predicted molar refractivity (Wildman–Crippen MR) is 469 cm³/mol. The number of nitrogens with one attached hydrogen (secondary N) is 8. The van der Waals surface area contributed by atoms with E-state index in [1.807, 2.05) is 0 Å². The number of amides is 4. The van der Waals surface area contributed by atoms with E-state index in [4.69, 9.17) is 397 Å². The molecular formula is C58H26Cl30N8O4S4. The minimum absolute atomic E-state index is 0.0851. The van der Waals surface area contributed by atoms with Gasteiger partial charge in [0.15, 0.2) is 29.0 Å². The van der Waals surface area contributed by atoms with Crippen LogP contribution in [0, 0.1) is 0 Å². The Morgan fingerprint density at radius 1 is 0.231 bits per heavy atom. The Kier molecular flexibility index (Phi) is 44.9. The van der Waals surface area contributed by atoms with Gasteiger partial charge in [0.25, 0.3) is 23.6 Å². The molecule has 0 atom stereocenters. The highest BCUT2D eigenvalue weighted by Gasteiger charge is 2.24. The number of carbonyl (C=O) groups is 4. The van der Waals surface area contributed by atoms with Crippen molar-refractivity contribution in [2.45, 2.75) is 8.59 Å². The normalized spacial score (nSPS) is 10.3. The van der Waals surface area contributed by atoms with E-state index < -0.39 is 32.2 Å². The zero-order valence-electron chi connectivity index (χ0n) is 49.0. The first kappa shape index (κ1) is 98.1. The molecule has 0 heterocycles. The molecule has 4 amide bonds. The van der Waals surface area contributed by atoms with Crippen molar-refractivity contribution in [2.24, 2.45) is 0 Å². The summed E-state index contributed by atoms with van der Waals surface area (Å²) in [5.74, 6) is -2.38. The van der Waals surface area contributed by atoms with E-state index in [2.05, 4.69) is 42.5 Å². The second-order valence-corrected chi connectivity index (χ2v) is 33.0. The van der Waals surface area contributed by atoms with E-state index in [0.29, 0.717) is 0 Å². The molecule has 46 heteroatoms. The highest BCUT2D eigenvalue weighted by Crippen LogP contribution is 2.45. The van der Waals surface area contributed by atoms with E-state index in [9.17, 15) is 19.2 Å². The molecule has 12 nitrogen and oxygen atoms in total. The minimum atomic E-state index is -0.750. The van der Waals surface area contributed by atoms with Gasteiger partial charge in [-0.1, -0.05) is 372 Å². The maximum atomic E-state index is 12.3. The van der Waals surface area contributed by atoms with E-state index in [1.165, 1.54) is 72.8 Å². The number of thiocarbonyl (C=S) groups is 4. The van der Waals surface area contributed by atoms with Crippen LogP contribution in [0.2, 0.25) is 121 Å². The van der Waals surface area contributed by atoms with Crippen molar-refractivity contribution in [3.63, 3.8) is 0 Å². The average molecular weight is 2090 g/mol. The number of hydrogen-bond acceptors (Lipinski definition) is 8. The van der Waals surface area contributed by atoms with E-state index in [-0.39, 0.29) is 186 Å². The lowest BCUT2D eigenvalue weighted by atomic mass is 10.2. The number of anilines is 4. The van der Waals surface area contributed by atoms with E-state index in [1.54, 1.807) is 24.3 Å². The maximum absolute atomic E-state index is 12.3. The summed E-state index contributed by atoms with van der Waals surface area (Å²) in [6.45, 7) is 0. The fourth-order valence-electron chi connectivity index (χ4n) is 6.83. The van der Waals surface area contributed by atoms with Gasteiger partial charge < -0.3 is 21.3 Å². The van der Waals surface area contributed by atoms with Gasteiger partial charge in [-0.05, 0) is 122 Å². The first-order chi connectivity index (χ1) is 48.3. The number of hydrogen-bond donors (Lipinski definition) is 8. The Bertz CT molecular complexity index is 3850. The molecule has 0 fully saturated rings. The lowest BCUT2D eigenvalue weighted by Gasteiger charge is -2.14. The zero-order chi connectivity index (χ0) is 79.2. The van der Waals surface area contributed by atoms with Crippen molar-refractivity contribution >= 4 is 464 Å². The van der Waals surface area contributed by atoms with Crippen molar-refractivity contribution in [1.82, 2.24) is 21.3 Å². The Balaban J connectivity index is 0.000000347. The highest BCUT2D eigenvalue weighted by molar-refractivity contribution is 7.81. The van der Waals surface area contributed by atoms with Crippen LogP contribution in [-0.2, 0) is 0 Å². The zero-order valence-corrected chi connectivity index (χ0v) is 74.9. The molecule has 8 aromatic carbocycles. The first-order valence-electron chi connectivity index (χ1n) is 25.8. The molecule has 8 aromatic rings. The second kappa shape index (κ2) is 47.6. The Hall–Kier alpha value is -0.1000. The summed E-state index contributed by atoms with van der Waals surface area (Å²) < 4.78 is -1.50. The number of benzene rings is 8. The van der Waals surface area contributed by atoms with Crippen LogP contribution in [-0.4, -0.2) is 52.7 Å². The van der Waals surface area contributed by atoms with Gasteiger partial charge in [-0.3, -0.25) is 40.4 Å². The van der Waals surface area contributed by atoms with E-state index in [0.717, 1.165) is 0 Å². The monoisotopic (exact) mass is 2080 g/mol. The molecule has 0 saturated carbocycles. The lowest BCUT2D eigenvalue weighted by Crippen LogP contribution is -2.34. The largest absolute Gasteiger partial charge is 0.330 e. The molecule has 104 heavy (non-hydrogen) atoms. The lowest BCUT2D eigenvalue weighted by molar-refractivity contribution is 0.0969. The summed E-state index contributed by atoms with van der Waals surface area (Å²) in [5, 5.41) is 23.9. The smallest absolute Gasteiger partial charge is 0.260 e. The van der Waals surface area contributed by atoms with Crippen LogP contribution in [0.3, 0.4) is 0 Å². The number of rotatable bonds is 8. The van der Waals surface area contributed by atoms with Crippen LogP contribution in [0.25, 0.3) is 0 Å². The molecule has 0 unspecified atom stereocenters. The standard InChI is InChI=1S/4C14H6Cl6N2OS.2CHCl3/c4*15-5-2-1-3-6(16)9(5)13(23)22-14(24)21-12-10(19)7(17)4-8(18)11(12)20;2*2-1(3)4/h4*1-4H,(H2,21,22,23,24);2*1H. The Labute approximate surface area is 763 Å². The molecule has 0 aromatic heterocycles. The Morgan fingerprint density at radius 3 is 0.462 bits per heavy atom. The SMILES string of the molecule is ClC(Cl)Cl.ClC(Cl)Cl.O=C(NC(=S)Nc1c(Cl)c(Cl)cc(Cl)c1Cl)c1c(Cl)cccc1Cl.O=C(NC(=S)Nc1c(Cl)c(Cl)cc(Cl)c1Cl)c1c(Cl)cccc1Cl.O=C(NC(=S)Nc1c(Cl)c(Cl)cc(Cl)c1Cl)c1c(Cl)cccc1Cl.O=C(NC(=S)Nc1c(Cl)c(Cl)cc(Cl)c1Cl)c1c(Cl)cccc1Cl. The van der Waals surface area contributed by atoms with Crippen molar-refractivity contribution in [3.8, 4) is 0 Å². The van der Waals surface area contributed by atoms with Crippen LogP contribution in [0.5, 0.6) is 0 Å². The predicted octanol–water partition coefficient (Wildman–Crippen LogP) is 30.9. The minimum Gasteiger partial charge on any atom is -0.330 e. The summed E-state index contributed by atoms with van der Waals surface area (Å²) in [6.07, 6.45) is 0. The van der Waals surface area contributed by atoms with Crippen molar-refractivity contribution in [3.05, 3.63) is 240 Å². The molecule has 0 bridgehead atoms. The molecule has 0 aliphatic carbocycles.